The lowest BCUT2D eigenvalue weighted by Crippen LogP contribution is -1.79. The van der Waals surface area contributed by atoms with E-state index in [9.17, 15) is 10.2 Å². The Kier molecular flexibility index (Phi) is 6.41. The van der Waals surface area contributed by atoms with Crippen LogP contribution in [0, 0.1) is 11.3 Å². The third-order valence-corrected chi connectivity index (χ3v) is 5.51. The Morgan fingerprint density at radius 1 is 0.929 bits per heavy atom. The number of aryl methyl sites for hydroxylation is 1. The van der Waals surface area contributed by atoms with Gasteiger partial charge < -0.3 is 10.2 Å². The van der Waals surface area contributed by atoms with Gasteiger partial charge >= 0.3 is 0 Å². The molecule has 5 nitrogen and oxygen atoms in total. The van der Waals surface area contributed by atoms with Gasteiger partial charge in [0, 0.05) is 9.75 Å². The number of phenols is 2. The molecule has 0 saturated carbocycles. The zero-order chi connectivity index (χ0) is 19.9. The maximum absolute atomic E-state index is 10.1. The van der Waals surface area contributed by atoms with Crippen molar-refractivity contribution in [2.45, 2.75) is 32.6 Å². The Morgan fingerprint density at radius 2 is 1.64 bits per heavy atom. The van der Waals surface area contributed by atoms with Gasteiger partial charge in [0.2, 0.25) is 0 Å². The van der Waals surface area contributed by atoms with E-state index in [-0.39, 0.29) is 17.2 Å². The van der Waals surface area contributed by atoms with E-state index in [0.717, 1.165) is 16.9 Å². The van der Waals surface area contributed by atoms with E-state index in [2.05, 4.69) is 29.3 Å². The fraction of sp³-hybridized carbons (Fsp3) is 0.227. The van der Waals surface area contributed by atoms with Gasteiger partial charge in [-0.05, 0) is 66.9 Å². The number of aromatic hydroxyl groups is 2. The molecule has 0 spiro atoms. The highest BCUT2D eigenvalue weighted by Gasteiger charge is 2.08. The first-order valence-electron chi connectivity index (χ1n) is 9.17. The first-order chi connectivity index (χ1) is 13.6. The second-order valence-electron chi connectivity index (χ2n) is 6.44. The number of benzene rings is 2. The molecule has 142 valence electrons. The molecule has 0 amide bonds. The molecule has 2 aromatic carbocycles. The normalized spacial score (nSPS) is 11.0. The minimum absolute atomic E-state index is 0.00292. The molecule has 6 heteroatoms. The minimum atomic E-state index is -0.0756. The molecule has 1 aromatic heterocycles. The summed E-state index contributed by atoms with van der Waals surface area (Å²) in [6, 6.07) is 15.8. The van der Waals surface area contributed by atoms with Crippen molar-refractivity contribution in [3.8, 4) is 28.0 Å². The molecule has 0 radical (unpaired) electrons. The minimum Gasteiger partial charge on any atom is -0.506 e. The monoisotopic (exact) mass is 391 g/mol. The molecule has 28 heavy (non-hydrogen) atoms. The van der Waals surface area contributed by atoms with E-state index in [4.69, 9.17) is 5.26 Å². The van der Waals surface area contributed by atoms with Crippen LogP contribution in [0.1, 0.15) is 36.6 Å². The van der Waals surface area contributed by atoms with Crippen LogP contribution in [0.15, 0.2) is 58.8 Å². The first kappa shape index (κ1) is 19.6. The molecule has 0 fully saturated rings. The summed E-state index contributed by atoms with van der Waals surface area (Å²) < 4.78 is 0. The van der Waals surface area contributed by atoms with Gasteiger partial charge in [0.25, 0.3) is 0 Å². The van der Waals surface area contributed by atoms with Crippen molar-refractivity contribution in [1.29, 1.82) is 5.26 Å². The Hall–Kier alpha value is -3.17. The zero-order valence-corrected chi connectivity index (χ0v) is 16.4. The van der Waals surface area contributed by atoms with Crippen LogP contribution in [0.2, 0.25) is 0 Å². The highest BCUT2D eigenvalue weighted by atomic mass is 32.1. The second-order valence-corrected chi connectivity index (χ2v) is 7.61. The van der Waals surface area contributed by atoms with Crippen LogP contribution in [-0.4, -0.2) is 10.2 Å². The molecule has 0 bridgehead atoms. The SMILES string of the molecule is CCCCCc1ccc(-c2ccc(O)c(N=Nc3cc(C#N)ccc3O)c2)s1. The van der Waals surface area contributed by atoms with Gasteiger partial charge in [-0.2, -0.15) is 5.26 Å². The molecule has 3 rings (SSSR count). The van der Waals surface area contributed by atoms with E-state index < -0.39 is 0 Å². The van der Waals surface area contributed by atoms with Gasteiger partial charge in [-0.3, -0.25) is 0 Å². The van der Waals surface area contributed by atoms with Crippen molar-refractivity contribution in [3.05, 3.63) is 59.0 Å². The van der Waals surface area contributed by atoms with Crippen molar-refractivity contribution >= 4 is 22.7 Å². The fourth-order valence-electron chi connectivity index (χ4n) is 2.75. The summed E-state index contributed by atoms with van der Waals surface area (Å²) in [7, 11) is 0. The smallest absolute Gasteiger partial charge is 0.143 e. The van der Waals surface area contributed by atoms with Crippen LogP contribution >= 0.6 is 11.3 Å². The molecule has 0 aliphatic heterocycles. The van der Waals surface area contributed by atoms with Crippen molar-refractivity contribution in [3.63, 3.8) is 0 Å². The van der Waals surface area contributed by atoms with Crippen LogP contribution in [0.5, 0.6) is 11.5 Å². The number of nitrogens with zero attached hydrogens (tertiary/aromatic N) is 3. The maximum atomic E-state index is 10.1. The maximum Gasteiger partial charge on any atom is 0.143 e. The molecule has 3 aromatic rings. The molecule has 2 N–H and O–H groups in total. The van der Waals surface area contributed by atoms with Gasteiger partial charge in [0.05, 0.1) is 11.6 Å². The standard InChI is InChI=1S/C22H21N3O2S/c1-2-3-4-5-17-8-11-22(28-17)16-7-10-21(27)19(13-16)25-24-18-12-15(14-23)6-9-20(18)26/h6-13,26-27H,2-5H2,1H3. The molecule has 0 unspecified atom stereocenters. The summed E-state index contributed by atoms with van der Waals surface area (Å²) in [6.45, 7) is 2.20. The molecule has 1 heterocycles. The number of rotatable bonds is 7. The van der Waals surface area contributed by atoms with E-state index in [1.54, 1.807) is 23.5 Å². The molecule has 0 saturated heterocycles. The number of azo groups is 1. The van der Waals surface area contributed by atoms with Gasteiger partial charge in [0.1, 0.15) is 22.9 Å². The van der Waals surface area contributed by atoms with Crippen molar-refractivity contribution in [1.82, 2.24) is 0 Å². The average Bonchev–Trinajstić information content (AvgIpc) is 3.17. The Bertz CT molecular complexity index is 1030. The molecule has 0 aliphatic carbocycles. The summed E-state index contributed by atoms with van der Waals surface area (Å²) in [6.07, 6.45) is 4.71. The number of hydrogen-bond donors (Lipinski definition) is 2. The molecule has 0 aliphatic rings. The summed E-state index contributed by atoms with van der Waals surface area (Å²) >= 11 is 1.74. The quantitative estimate of drug-likeness (QED) is 0.341. The van der Waals surface area contributed by atoms with Crippen LogP contribution in [0.25, 0.3) is 10.4 Å². The highest BCUT2D eigenvalue weighted by Crippen LogP contribution is 2.37. The van der Waals surface area contributed by atoms with Crippen LogP contribution in [-0.2, 0) is 6.42 Å². The third kappa shape index (κ3) is 4.76. The van der Waals surface area contributed by atoms with Crippen LogP contribution < -0.4 is 0 Å². The van der Waals surface area contributed by atoms with Gasteiger partial charge in [0.15, 0.2) is 0 Å². The lowest BCUT2D eigenvalue weighted by atomic mass is 10.1. The van der Waals surface area contributed by atoms with Crippen LogP contribution in [0.4, 0.5) is 11.4 Å². The van der Waals surface area contributed by atoms with Crippen molar-refractivity contribution in [2.24, 2.45) is 10.2 Å². The van der Waals surface area contributed by atoms with E-state index in [1.807, 2.05) is 12.1 Å². The lowest BCUT2D eigenvalue weighted by Gasteiger charge is -2.03. The number of nitriles is 1. The Balaban J connectivity index is 1.83. The van der Waals surface area contributed by atoms with E-state index >= 15 is 0 Å². The third-order valence-electron chi connectivity index (χ3n) is 4.32. The predicted octanol–water partition coefficient (Wildman–Crippen LogP) is 6.85. The summed E-state index contributed by atoms with van der Waals surface area (Å²) in [5.74, 6) is -0.0727. The predicted molar refractivity (Wildman–Crippen MR) is 112 cm³/mol. The van der Waals surface area contributed by atoms with Crippen LogP contribution in [0.3, 0.4) is 0 Å². The number of thiophene rings is 1. The summed E-state index contributed by atoms with van der Waals surface area (Å²) in [4.78, 5) is 2.45. The van der Waals surface area contributed by atoms with Crippen molar-refractivity contribution < 1.29 is 10.2 Å². The number of hydrogen-bond acceptors (Lipinski definition) is 6. The number of unbranched alkanes of at least 4 members (excludes halogenated alkanes) is 2. The topological polar surface area (TPSA) is 89.0 Å². The Morgan fingerprint density at radius 3 is 2.36 bits per heavy atom. The van der Waals surface area contributed by atoms with Gasteiger partial charge in [-0.1, -0.05) is 19.8 Å². The second kappa shape index (κ2) is 9.16. The fourth-order valence-corrected chi connectivity index (χ4v) is 3.80. The van der Waals surface area contributed by atoms with Crippen molar-refractivity contribution in [2.75, 3.05) is 0 Å². The van der Waals surface area contributed by atoms with Gasteiger partial charge in [-0.25, -0.2) is 0 Å². The highest BCUT2D eigenvalue weighted by molar-refractivity contribution is 7.15. The number of phenolic OH excluding ortho intramolecular Hbond substituents is 2. The lowest BCUT2D eigenvalue weighted by molar-refractivity contribution is 0.474. The summed E-state index contributed by atoms with van der Waals surface area (Å²) in [5.41, 5.74) is 1.81. The first-order valence-corrected chi connectivity index (χ1v) is 9.99. The van der Waals surface area contributed by atoms with E-state index in [0.29, 0.717) is 11.3 Å². The largest absolute Gasteiger partial charge is 0.506 e. The average molecular weight is 391 g/mol. The molecular weight excluding hydrogens is 370 g/mol. The van der Waals surface area contributed by atoms with Gasteiger partial charge in [-0.15, -0.1) is 21.6 Å². The molecule has 0 atom stereocenters. The summed E-state index contributed by atoms with van der Waals surface area (Å²) in [5, 5.41) is 37.0. The zero-order valence-electron chi connectivity index (χ0n) is 15.6. The van der Waals surface area contributed by atoms with E-state index in [1.165, 1.54) is 42.3 Å². The Labute approximate surface area is 168 Å². The molecular formula is C22H21N3O2S.